The summed E-state index contributed by atoms with van der Waals surface area (Å²) in [4.78, 5) is 15.8. The van der Waals surface area contributed by atoms with Gasteiger partial charge in [-0.3, -0.25) is 10.1 Å². The number of furan rings is 1. The fraction of sp³-hybridized carbons (Fsp3) is 0.158. The number of anilines is 1. The molecule has 0 bridgehead atoms. The molecule has 7 nitrogen and oxygen atoms in total. The first-order valence-electron chi connectivity index (χ1n) is 8.46. The summed E-state index contributed by atoms with van der Waals surface area (Å²) in [6, 6.07) is 11.1. The number of amides is 1. The number of rotatable bonds is 5. The van der Waals surface area contributed by atoms with Gasteiger partial charge in [-0.15, -0.1) is 11.3 Å². The maximum atomic E-state index is 13.1. The Morgan fingerprint density at radius 2 is 2.07 bits per heavy atom. The Bertz CT molecular complexity index is 1140. The topological polar surface area (TPSA) is 92.5 Å². The van der Waals surface area contributed by atoms with Crippen molar-refractivity contribution >= 4 is 33.2 Å². The van der Waals surface area contributed by atoms with Crippen molar-refractivity contribution in [2.24, 2.45) is 0 Å². The van der Waals surface area contributed by atoms with Gasteiger partial charge in [-0.05, 0) is 13.0 Å². The third-order valence-electron chi connectivity index (χ3n) is 4.34. The molecule has 3 aromatic rings. The van der Waals surface area contributed by atoms with Crippen LogP contribution in [0.25, 0.3) is 10.6 Å². The highest BCUT2D eigenvalue weighted by atomic mass is 32.2. The zero-order valence-electron chi connectivity index (χ0n) is 15.0. The summed E-state index contributed by atoms with van der Waals surface area (Å²) in [6.07, 6.45) is 1.14. The number of hydrogen-bond donors (Lipinski definition) is 1. The van der Waals surface area contributed by atoms with Crippen LogP contribution in [0.15, 0.2) is 57.7 Å². The van der Waals surface area contributed by atoms with E-state index in [0.29, 0.717) is 16.5 Å². The van der Waals surface area contributed by atoms with Crippen molar-refractivity contribution in [1.29, 1.82) is 0 Å². The lowest BCUT2D eigenvalue weighted by Crippen LogP contribution is -2.25. The number of carbonyl (C=O) groups is 1. The second-order valence-corrected chi connectivity index (χ2v) is 9.42. The molecule has 4 rings (SSSR count). The third-order valence-corrected chi connectivity index (χ3v) is 7.93. The highest BCUT2D eigenvalue weighted by Gasteiger charge is 2.36. The molecule has 1 aliphatic heterocycles. The van der Waals surface area contributed by atoms with Crippen LogP contribution in [-0.4, -0.2) is 23.6 Å². The number of carbonyl (C=O) groups excluding carboxylic acids is 1. The van der Waals surface area contributed by atoms with Gasteiger partial charge in [0.25, 0.3) is 10.0 Å². The molecule has 0 radical (unpaired) electrons. The Morgan fingerprint density at radius 1 is 1.32 bits per heavy atom. The smallest absolute Gasteiger partial charge is 0.255 e. The molecule has 0 saturated heterocycles. The van der Waals surface area contributed by atoms with Gasteiger partial charge in [-0.2, -0.15) is 4.31 Å². The number of aryl methyl sites for hydroxylation is 1. The largest absolute Gasteiger partial charge is 0.444 e. The van der Waals surface area contributed by atoms with Crippen molar-refractivity contribution < 1.29 is 17.6 Å². The van der Waals surface area contributed by atoms with Crippen LogP contribution in [0.3, 0.4) is 0 Å². The third kappa shape index (κ3) is 3.28. The quantitative estimate of drug-likeness (QED) is 0.644. The molecule has 0 saturated carbocycles. The highest BCUT2D eigenvalue weighted by Crippen LogP contribution is 2.37. The number of fused-ring (bicyclic) bond motifs is 1. The van der Waals surface area contributed by atoms with Crippen molar-refractivity contribution in [2.45, 2.75) is 24.2 Å². The van der Waals surface area contributed by atoms with E-state index < -0.39 is 10.0 Å². The fourth-order valence-electron chi connectivity index (χ4n) is 2.99. The van der Waals surface area contributed by atoms with Crippen molar-refractivity contribution in [3.8, 4) is 10.6 Å². The van der Waals surface area contributed by atoms with Gasteiger partial charge in [0.05, 0.1) is 12.2 Å². The van der Waals surface area contributed by atoms with E-state index in [-0.39, 0.29) is 29.1 Å². The predicted molar refractivity (Wildman–Crippen MR) is 106 cm³/mol. The number of benzene rings is 1. The van der Waals surface area contributed by atoms with E-state index >= 15 is 0 Å². The zero-order valence-corrected chi connectivity index (χ0v) is 16.6. The van der Waals surface area contributed by atoms with Gasteiger partial charge in [0.15, 0.2) is 10.1 Å². The second kappa shape index (κ2) is 7.01. The normalized spacial score (nSPS) is 14.0. The van der Waals surface area contributed by atoms with Gasteiger partial charge in [-0.25, -0.2) is 13.4 Å². The van der Waals surface area contributed by atoms with E-state index in [2.05, 4.69) is 16.9 Å². The first kappa shape index (κ1) is 18.6. The van der Waals surface area contributed by atoms with Crippen molar-refractivity contribution in [3.05, 3.63) is 66.1 Å². The molecule has 0 atom stereocenters. The molecule has 0 unspecified atom stereocenters. The van der Waals surface area contributed by atoms with Gasteiger partial charge in [0.1, 0.15) is 10.8 Å². The molecular formula is C19H17N3O4S2. The van der Waals surface area contributed by atoms with Gasteiger partial charge in [-0.1, -0.05) is 36.9 Å². The lowest BCUT2D eigenvalue weighted by atomic mass is 10.2. The first-order valence-corrected chi connectivity index (χ1v) is 10.7. The summed E-state index contributed by atoms with van der Waals surface area (Å²) >= 11 is 1.16. The van der Waals surface area contributed by atoms with Crippen LogP contribution in [0.4, 0.5) is 5.88 Å². The van der Waals surface area contributed by atoms with Crippen molar-refractivity contribution in [2.75, 3.05) is 5.32 Å². The summed E-state index contributed by atoms with van der Waals surface area (Å²) in [7, 11) is -3.71. The SMILES string of the molecule is C=CC(=O)Nc1cc2c(o1)CN(S(=O)(=O)c1sc(-c3ccccc3)nc1C)C2. The van der Waals surface area contributed by atoms with Crippen LogP contribution in [0, 0.1) is 6.92 Å². The summed E-state index contributed by atoms with van der Waals surface area (Å²) in [5.41, 5.74) is 2.09. The molecule has 0 fully saturated rings. The monoisotopic (exact) mass is 415 g/mol. The molecule has 3 heterocycles. The zero-order chi connectivity index (χ0) is 19.9. The number of sulfonamides is 1. The van der Waals surface area contributed by atoms with Gasteiger partial charge < -0.3 is 4.42 Å². The number of thiazole rings is 1. The molecule has 9 heteroatoms. The average Bonchev–Trinajstić information content (AvgIpc) is 3.35. The van der Waals surface area contributed by atoms with Crippen LogP contribution in [0.1, 0.15) is 17.0 Å². The van der Waals surface area contributed by atoms with Crippen molar-refractivity contribution in [1.82, 2.24) is 9.29 Å². The Labute approximate surface area is 166 Å². The Kier molecular flexibility index (Phi) is 4.66. The minimum atomic E-state index is -3.71. The number of nitrogens with one attached hydrogen (secondary N) is 1. The van der Waals surface area contributed by atoms with E-state index in [1.54, 1.807) is 13.0 Å². The van der Waals surface area contributed by atoms with Crippen LogP contribution in [0.2, 0.25) is 0 Å². The highest BCUT2D eigenvalue weighted by molar-refractivity contribution is 7.91. The molecule has 2 aromatic heterocycles. The summed E-state index contributed by atoms with van der Waals surface area (Å²) < 4.78 is 33.5. The Balaban J connectivity index is 1.58. The molecule has 1 N–H and O–H groups in total. The minimum absolute atomic E-state index is 0.111. The summed E-state index contributed by atoms with van der Waals surface area (Å²) in [5, 5.41) is 3.21. The standard InChI is InChI=1S/C19H17N3O4S2/c1-3-16(23)21-17-9-14-10-22(11-15(14)26-17)28(24,25)19-12(2)20-18(27-19)13-7-5-4-6-8-13/h3-9H,1,10-11H2,2H3,(H,21,23). The molecule has 1 aliphatic rings. The molecule has 28 heavy (non-hydrogen) atoms. The average molecular weight is 415 g/mol. The van der Waals surface area contributed by atoms with E-state index in [1.165, 1.54) is 4.31 Å². The molecule has 1 aromatic carbocycles. The second-order valence-electron chi connectivity index (χ2n) is 6.28. The van der Waals surface area contributed by atoms with Crippen LogP contribution < -0.4 is 5.32 Å². The summed E-state index contributed by atoms with van der Waals surface area (Å²) in [6.45, 7) is 5.38. The predicted octanol–water partition coefficient (Wildman–Crippen LogP) is 3.54. The van der Waals surface area contributed by atoms with Crippen LogP contribution >= 0.6 is 11.3 Å². The van der Waals surface area contributed by atoms with E-state index in [9.17, 15) is 13.2 Å². The maximum absolute atomic E-state index is 13.1. The molecule has 0 spiro atoms. The van der Waals surface area contributed by atoms with E-state index in [1.807, 2.05) is 30.3 Å². The molecular weight excluding hydrogens is 398 g/mol. The number of aromatic nitrogens is 1. The van der Waals surface area contributed by atoms with Gasteiger partial charge in [0.2, 0.25) is 5.91 Å². The molecule has 144 valence electrons. The number of nitrogens with zero attached hydrogens (tertiary/aromatic N) is 2. The lowest BCUT2D eigenvalue weighted by Gasteiger charge is -2.14. The Hall–Kier alpha value is -2.75. The lowest BCUT2D eigenvalue weighted by molar-refractivity contribution is -0.112. The van der Waals surface area contributed by atoms with Gasteiger partial charge in [0, 0.05) is 23.7 Å². The first-order chi connectivity index (χ1) is 13.4. The molecule has 0 aliphatic carbocycles. The Morgan fingerprint density at radius 3 is 2.75 bits per heavy atom. The number of hydrogen-bond acceptors (Lipinski definition) is 6. The summed E-state index contributed by atoms with van der Waals surface area (Å²) in [5.74, 6) is 0.422. The molecule has 1 amide bonds. The van der Waals surface area contributed by atoms with Crippen molar-refractivity contribution in [3.63, 3.8) is 0 Å². The van der Waals surface area contributed by atoms with Gasteiger partial charge >= 0.3 is 0 Å². The van der Waals surface area contributed by atoms with E-state index in [0.717, 1.165) is 28.5 Å². The van der Waals surface area contributed by atoms with E-state index in [4.69, 9.17) is 4.42 Å². The van der Waals surface area contributed by atoms with Crippen LogP contribution in [-0.2, 0) is 27.9 Å². The minimum Gasteiger partial charge on any atom is -0.444 e. The maximum Gasteiger partial charge on any atom is 0.255 e. The van der Waals surface area contributed by atoms with Crippen LogP contribution in [0.5, 0.6) is 0 Å². The fourth-order valence-corrected chi connectivity index (χ4v) is 6.02.